The second kappa shape index (κ2) is 3.74. The van der Waals surface area contributed by atoms with Gasteiger partial charge in [-0.15, -0.1) is 0 Å². The first kappa shape index (κ1) is 10.1. The Morgan fingerprint density at radius 2 is 2.19 bits per heavy atom. The first-order chi connectivity index (χ1) is 7.75. The van der Waals surface area contributed by atoms with Crippen LogP contribution in [-0.4, -0.2) is 23.8 Å². The van der Waals surface area contributed by atoms with E-state index in [1.807, 2.05) is 6.07 Å². The van der Waals surface area contributed by atoms with Crippen molar-refractivity contribution < 1.29 is 9.50 Å². The zero-order valence-electron chi connectivity index (χ0n) is 9.19. The van der Waals surface area contributed by atoms with E-state index >= 15 is 0 Å². The third kappa shape index (κ3) is 1.50. The number of fused-ring (bicyclic) bond motifs is 1. The molecule has 2 nitrogen and oxygen atoms in total. The second-order valence-corrected chi connectivity index (χ2v) is 4.78. The van der Waals surface area contributed by atoms with E-state index in [1.54, 1.807) is 6.07 Å². The molecule has 1 aliphatic heterocycles. The Balaban J connectivity index is 1.93. The number of rotatable bonds is 1. The summed E-state index contributed by atoms with van der Waals surface area (Å²) in [5, 5.41) is 9.91. The van der Waals surface area contributed by atoms with Crippen LogP contribution in [0.15, 0.2) is 18.2 Å². The molecule has 0 radical (unpaired) electrons. The van der Waals surface area contributed by atoms with Crippen LogP contribution in [0.3, 0.4) is 0 Å². The number of hydrogen-bond acceptors (Lipinski definition) is 2. The summed E-state index contributed by atoms with van der Waals surface area (Å²) < 4.78 is 13.2. The highest BCUT2D eigenvalue weighted by Gasteiger charge is 2.34. The quantitative estimate of drug-likeness (QED) is 0.785. The van der Waals surface area contributed by atoms with Crippen molar-refractivity contribution in [1.29, 1.82) is 0 Å². The van der Waals surface area contributed by atoms with Crippen molar-refractivity contribution in [3.63, 3.8) is 0 Å². The van der Waals surface area contributed by atoms with Gasteiger partial charge in [0.15, 0.2) is 0 Å². The van der Waals surface area contributed by atoms with Crippen LogP contribution >= 0.6 is 0 Å². The molecule has 1 aromatic rings. The average Bonchev–Trinajstić information content (AvgIpc) is 2.83. The van der Waals surface area contributed by atoms with Crippen molar-refractivity contribution in [1.82, 2.24) is 0 Å². The Hall–Kier alpha value is -1.09. The first-order valence-corrected chi connectivity index (χ1v) is 5.99. The normalized spacial score (nSPS) is 28.5. The molecule has 16 heavy (non-hydrogen) atoms. The van der Waals surface area contributed by atoms with E-state index in [0.29, 0.717) is 0 Å². The molecule has 0 aromatic heterocycles. The highest BCUT2D eigenvalue weighted by atomic mass is 19.1. The van der Waals surface area contributed by atoms with E-state index in [1.165, 1.54) is 11.6 Å². The fraction of sp³-hybridized carbons (Fsp3) is 0.538. The van der Waals surface area contributed by atoms with Gasteiger partial charge in [0.25, 0.3) is 0 Å². The molecule has 1 heterocycles. The van der Waals surface area contributed by atoms with E-state index in [-0.39, 0.29) is 18.0 Å². The van der Waals surface area contributed by atoms with Gasteiger partial charge in [0.2, 0.25) is 0 Å². The van der Waals surface area contributed by atoms with Crippen LogP contribution in [0.25, 0.3) is 0 Å². The number of halogens is 1. The molecule has 3 rings (SSSR count). The van der Waals surface area contributed by atoms with Crippen LogP contribution in [0, 0.1) is 5.82 Å². The third-order valence-corrected chi connectivity index (χ3v) is 3.82. The van der Waals surface area contributed by atoms with Gasteiger partial charge in [-0.25, -0.2) is 4.39 Å². The molecule has 86 valence electrons. The van der Waals surface area contributed by atoms with Crippen LogP contribution in [0.1, 0.15) is 24.8 Å². The minimum atomic E-state index is -0.241. The fourth-order valence-corrected chi connectivity index (χ4v) is 3.01. The van der Waals surface area contributed by atoms with Crippen LogP contribution in [-0.2, 0) is 6.42 Å². The van der Waals surface area contributed by atoms with Gasteiger partial charge >= 0.3 is 0 Å². The van der Waals surface area contributed by atoms with E-state index < -0.39 is 0 Å². The summed E-state index contributed by atoms with van der Waals surface area (Å²) in [6, 6.07) is 5.19. The standard InChI is InChI=1S/C13H16FNO/c14-10-5-4-9-6-7-15(12(9)8-10)11-2-1-3-13(11)16/h4-5,8,11,13,16H,1-3,6-7H2. The minimum Gasteiger partial charge on any atom is -0.391 e. The van der Waals surface area contributed by atoms with Crippen molar-refractivity contribution >= 4 is 5.69 Å². The summed E-state index contributed by atoms with van der Waals surface area (Å²) in [7, 11) is 0. The van der Waals surface area contributed by atoms with Crippen molar-refractivity contribution in [2.24, 2.45) is 0 Å². The lowest BCUT2D eigenvalue weighted by molar-refractivity contribution is 0.161. The molecule has 1 N–H and O–H groups in total. The average molecular weight is 221 g/mol. The van der Waals surface area contributed by atoms with E-state index in [2.05, 4.69) is 4.90 Å². The predicted molar refractivity (Wildman–Crippen MR) is 61.1 cm³/mol. The summed E-state index contributed by atoms with van der Waals surface area (Å²) in [6.07, 6.45) is 3.71. The first-order valence-electron chi connectivity index (χ1n) is 5.99. The van der Waals surface area contributed by atoms with Gasteiger partial charge in [0, 0.05) is 12.2 Å². The topological polar surface area (TPSA) is 23.5 Å². The predicted octanol–water partition coefficient (Wildman–Crippen LogP) is 2.10. The van der Waals surface area contributed by atoms with E-state index in [9.17, 15) is 9.50 Å². The molecular weight excluding hydrogens is 205 g/mol. The Morgan fingerprint density at radius 1 is 1.31 bits per heavy atom. The summed E-state index contributed by atoms with van der Waals surface area (Å²) in [6.45, 7) is 0.917. The summed E-state index contributed by atoms with van der Waals surface area (Å²) in [5.74, 6) is -0.182. The van der Waals surface area contributed by atoms with Gasteiger partial charge in [-0.05, 0) is 43.4 Å². The van der Waals surface area contributed by atoms with Crippen LogP contribution in [0.2, 0.25) is 0 Å². The van der Waals surface area contributed by atoms with Crippen molar-refractivity contribution in [3.8, 4) is 0 Å². The molecule has 2 atom stereocenters. The smallest absolute Gasteiger partial charge is 0.125 e. The molecule has 0 bridgehead atoms. The Bertz CT molecular complexity index is 407. The van der Waals surface area contributed by atoms with Gasteiger partial charge in [-0.3, -0.25) is 0 Å². The Labute approximate surface area is 94.7 Å². The van der Waals surface area contributed by atoms with Crippen molar-refractivity contribution in [2.45, 2.75) is 37.8 Å². The minimum absolute atomic E-state index is 0.182. The highest BCUT2D eigenvalue weighted by molar-refractivity contribution is 5.59. The largest absolute Gasteiger partial charge is 0.391 e. The number of hydrogen-bond donors (Lipinski definition) is 1. The summed E-state index contributed by atoms with van der Waals surface area (Å²) in [4.78, 5) is 2.19. The molecule has 1 fully saturated rings. The third-order valence-electron chi connectivity index (χ3n) is 3.82. The maximum absolute atomic E-state index is 13.2. The Morgan fingerprint density at radius 3 is 2.94 bits per heavy atom. The number of benzene rings is 1. The van der Waals surface area contributed by atoms with Crippen LogP contribution in [0.5, 0.6) is 0 Å². The molecule has 1 aliphatic carbocycles. The number of aliphatic hydroxyl groups is 1. The monoisotopic (exact) mass is 221 g/mol. The molecular formula is C13H16FNO. The molecule has 2 unspecified atom stereocenters. The summed E-state index contributed by atoms with van der Waals surface area (Å²) >= 11 is 0. The molecule has 0 amide bonds. The molecule has 0 saturated heterocycles. The number of anilines is 1. The van der Waals surface area contributed by atoms with E-state index in [0.717, 1.165) is 37.9 Å². The summed E-state index contributed by atoms with van der Waals surface area (Å²) in [5.41, 5.74) is 2.20. The van der Waals surface area contributed by atoms with Gasteiger partial charge in [0.1, 0.15) is 5.82 Å². The van der Waals surface area contributed by atoms with Crippen molar-refractivity contribution in [2.75, 3.05) is 11.4 Å². The van der Waals surface area contributed by atoms with E-state index in [4.69, 9.17) is 0 Å². The van der Waals surface area contributed by atoms with Gasteiger partial charge in [0.05, 0.1) is 12.1 Å². The lowest BCUT2D eigenvalue weighted by Gasteiger charge is -2.29. The number of aliphatic hydroxyl groups excluding tert-OH is 1. The number of nitrogens with zero attached hydrogens (tertiary/aromatic N) is 1. The van der Waals surface area contributed by atoms with Crippen molar-refractivity contribution in [3.05, 3.63) is 29.6 Å². The molecule has 3 heteroatoms. The zero-order chi connectivity index (χ0) is 11.1. The SMILES string of the molecule is OC1CCCC1N1CCc2ccc(F)cc21. The second-order valence-electron chi connectivity index (χ2n) is 4.78. The maximum atomic E-state index is 13.2. The lowest BCUT2D eigenvalue weighted by Crippen LogP contribution is -2.39. The molecule has 1 aromatic carbocycles. The Kier molecular flexibility index (Phi) is 2.36. The van der Waals surface area contributed by atoms with Gasteiger partial charge < -0.3 is 10.0 Å². The fourth-order valence-electron chi connectivity index (χ4n) is 3.01. The molecule has 0 spiro atoms. The van der Waals surface area contributed by atoms with Crippen LogP contribution < -0.4 is 4.90 Å². The highest BCUT2D eigenvalue weighted by Crippen LogP contribution is 2.35. The maximum Gasteiger partial charge on any atom is 0.125 e. The van der Waals surface area contributed by atoms with Gasteiger partial charge in [-0.1, -0.05) is 6.07 Å². The lowest BCUT2D eigenvalue weighted by atomic mass is 10.1. The van der Waals surface area contributed by atoms with Crippen LogP contribution in [0.4, 0.5) is 10.1 Å². The zero-order valence-corrected chi connectivity index (χ0v) is 9.19. The molecule has 1 saturated carbocycles. The van der Waals surface area contributed by atoms with Gasteiger partial charge in [-0.2, -0.15) is 0 Å². The molecule has 2 aliphatic rings.